The quantitative estimate of drug-likeness (QED) is 0.692. The third-order valence-corrected chi connectivity index (χ3v) is 2.64. The van der Waals surface area contributed by atoms with Crippen LogP contribution >= 0.6 is 0 Å². The maximum atomic E-state index is 9.28. The van der Waals surface area contributed by atoms with E-state index >= 15 is 0 Å². The Labute approximate surface area is 105 Å². The van der Waals surface area contributed by atoms with Crippen molar-refractivity contribution in [2.45, 2.75) is 13.8 Å². The Morgan fingerprint density at radius 2 is 2.22 bits per heavy atom. The molecule has 0 unspecified atom stereocenters. The van der Waals surface area contributed by atoms with Crippen LogP contribution in [0.1, 0.15) is 13.8 Å². The number of phenolic OH excluding ortho intramolecular Hbond substituents is 1. The molecule has 1 aromatic carbocycles. The summed E-state index contributed by atoms with van der Waals surface area (Å²) in [5, 5.41) is 23.0. The van der Waals surface area contributed by atoms with Gasteiger partial charge in [-0.2, -0.15) is 5.10 Å². The van der Waals surface area contributed by atoms with Crippen molar-refractivity contribution in [3.05, 3.63) is 18.2 Å². The maximum Gasteiger partial charge on any atom is 0.169 e. The van der Waals surface area contributed by atoms with Crippen LogP contribution in [0.5, 0.6) is 5.75 Å². The number of amidine groups is 1. The lowest BCUT2D eigenvalue weighted by molar-refractivity contribution is 0.475. The summed E-state index contributed by atoms with van der Waals surface area (Å²) in [7, 11) is 0. The molecule has 0 radical (unpaired) electrons. The standard InChI is InChI=1S/C12H15N5O/c1-3-17-12(14)11(7(2)16-17)15-10-5-4-8(18)6-9(10)13/h4-6,14,18H,3,13H2,1-2H3. The number of aliphatic imine (C=N–C) groups is 1. The van der Waals surface area contributed by atoms with E-state index in [0.717, 1.165) is 0 Å². The summed E-state index contributed by atoms with van der Waals surface area (Å²) in [4.78, 5) is 4.34. The number of nitrogen functional groups attached to an aromatic ring is 1. The van der Waals surface area contributed by atoms with Crippen molar-refractivity contribution >= 4 is 28.6 Å². The smallest absolute Gasteiger partial charge is 0.169 e. The normalized spacial score (nSPS) is 17.4. The lowest BCUT2D eigenvalue weighted by atomic mass is 10.2. The number of rotatable bonds is 2. The van der Waals surface area contributed by atoms with Crippen molar-refractivity contribution in [2.24, 2.45) is 10.1 Å². The summed E-state index contributed by atoms with van der Waals surface area (Å²) >= 11 is 0. The van der Waals surface area contributed by atoms with Gasteiger partial charge in [-0.25, -0.2) is 10.0 Å². The first kappa shape index (κ1) is 12.1. The zero-order valence-electron chi connectivity index (χ0n) is 10.3. The Morgan fingerprint density at radius 3 is 2.78 bits per heavy atom. The van der Waals surface area contributed by atoms with Crippen molar-refractivity contribution in [3.8, 4) is 5.75 Å². The van der Waals surface area contributed by atoms with Crippen molar-refractivity contribution in [1.29, 1.82) is 5.41 Å². The van der Waals surface area contributed by atoms with Gasteiger partial charge in [0, 0.05) is 12.6 Å². The van der Waals surface area contributed by atoms with Gasteiger partial charge in [-0.3, -0.25) is 5.41 Å². The Kier molecular flexibility index (Phi) is 3.01. The van der Waals surface area contributed by atoms with E-state index in [4.69, 9.17) is 11.1 Å². The van der Waals surface area contributed by atoms with Crippen LogP contribution in [-0.2, 0) is 0 Å². The average Bonchev–Trinajstić information content (AvgIpc) is 2.59. The molecule has 6 nitrogen and oxygen atoms in total. The second kappa shape index (κ2) is 4.48. The van der Waals surface area contributed by atoms with Crippen molar-refractivity contribution in [1.82, 2.24) is 5.01 Å². The molecule has 0 bridgehead atoms. The third-order valence-electron chi connectivity index (χ3n) is 2.64. The first-order valence-electron chi connectivity index (χ1n) is 5.62. The number of benzene rings is 1. The molecule has 6 heteroatoms. The van der Waals surface area contributed by atoms with E-state index in [-0.39, 0.29) is 11.6 Å². The molecule has 18 heavy (non-hydrogen) atoms. The number of hydrogen-bond donors (Lipinski definition) is 3. The number of nitrogens with one attached hydrogen (secondary N) is 1. The van der Waals surface area contributed by atoms with Gasteiger partial charge >= 0.3 is 0 Å². The van der Waals surface area contributed by atoms with Crippen LogP contribution in [0.25, 0.3) is 0 Å². The van der Waals surface area contributed by atoms with Crippen LogP contribution in [0, 0.1) is 5.41 Å². The predicted molar refractivity (Wildman–Crippen MR) is 72.8 cm³/mol. The molecule has 1 aliphatic rings. The minimum absolute atomic E-state index is 0.0959. The molecule has 0 atom stereocenters. The zero-order chi connectivity index (χ0) is 13.3. The van der Waals surface area contributed by atoms with Gasteiger partial charge in [0.2, 0.25) is 0 Å². The van der Waals surface area contributed by atoms with E-state index in [9.17, 15) is 5.11 Å². The first-order chi connectivity index (χ1) is 8.52. The summed E-state index contributed by atoms with van der Waals surface area (Å²) in [5.41, 5.74) is 7.87. The minimum atomic E-state index is 0.0959. The van der Waals surface area contributed by atoms with Gasteiger partial charge in [0.25, 0.3) is 0 Å². The lowest BCUT2D eigenvalue weighted by Crippen LogP contribution is -2.26. The number of hydrogen-bond acceptors (Lipinski definition) is 5. The highest BCUT2D eigenvalue weighted by Crippen LogP contribution is 2.27. The van der Waals surface area contributed by atoms with Gasteiger partial charge in [0.15, 0.2) is 5.84 Å². The van der Waals surface area contributed by atoms with E-state index in [0.29, 0.717) is 29.3 Å². The molecule has 4 N–H and O–H groups in total. The molecule has 0 aliphatic carbocycles. The van der Waals surface area contributed by atoms with E-state index in [1.165, 1.54) is 12.1 Å². The van der Waals surface area contributed by atoms with Crippen molar-refractivity contribution < 1.29 is 5.11 Å². The first-order valence-corrected chi connectivity index (χ1v) is 5.62. The largest absolute Gasteiger partial charge is 0.508 e. The average molecular weight is 245 g/mol. The van der Waals surface area contributed by atoms with Gasteiger partial charge in [0.05, 0.1) is 17.1 Å². The summed E-state index contributed by atoms with van der Waals surface area (Å²) in [6.07, 6.45) is 0. The summed E-state index contributed by atoms with van der Waals surface area (Å²) < 4.78 is 0. The molecule has 1 aliphatic heterocycles. The Hall–Kier alpha value is -2.37. The number of nitrogens with zero attached hydrogens (tertiary/aromatic N) is 3. The van der Waals surface area contributed by atoms with Crippen LogP contribution in [0.15, 0.2) is 28.3 Å². The highest BCUT2D eigenvalue weighted by Gasteiger charge is 2.24. The van der Waals surface area contributed by atoms with Crippen LogP contribution in [0.4, 0.5) is 11.4 Å². The second-order valence-electron chi connectivity index (χ2n) is 3.95. The Morgan fingerprint density at radius 1 is 1.50 bits per heavy atom. The van der Waals surface area contributed by atoms with Crippen LogP contribution in [0.3, 0.4) is 0 Å². The van der Waals surface area contributed by atoms with Crippen LogP contribution < -0.4 is 5.73 Å². The van der Waals surface area contributed by atoms with Gasteiger partial charge in [0.1, 0.15) is 11.5 Å². The van der Waals surface area contributed by atoms with Gasteiger partial charge in [-0.15, -0.1) is 0 Å². The molecule has 94 valence electrons. The molecule has 1 heterocycles. The number of aromatic hydroxyl groups is 1. The molecule has 0 fully saturated rings. The Balaban J connectivity index is 2.40. The van der Waals surface area contributed by atoms with E-state index in [1.807, 2.05) is 6.92 Å². The Bertz CT molecular complexity index is 562. The predicted octanol–water partition coefficient (Wildman–Crippen LogP) is 1.74. The molecule has 0 aromatic heterocycles. The molecule has 0 saturated heterocycles. The fourth-order valence-electron chi connectivity index (χ4n) is 1.70. The van der Waals surface area contributed by atoms with E-state index in [2.05, 4.69) is 10.1 Å². The van der Waals surface area contributed by atoms with Gasteiger partial charge in [-0.1, -0.05) is 0 Å². The molecular weight excluding hydrogens is 230 g/mol. The number of nitrogens with two attached hydrogens (primary N) is 1. The molecule has 1 aromatic rings. The van der Waals surface area contributed by atoms with Crippen molar-refractivity contribution in [2.75, 3.05) is 12.3 Å². The van der Waals surface area contributed by atoms with Crippen LogP contribution in [0.2, 0.25) is 0 Å². The highest BCUT2D eigenvalue weighted by atomic mass is 16.3. The minimum Gasteiger partial charge on any atom is -0.508 e. The zero-order valence-corrected chi connectivity index (χ0v) is 10.3. The number of phenols is 1. The van der Waals surface area contributed by atoms with E-state index in [1.54, 1.807) is 18.0 Å². The lowest BCUT2D eigenvalue weighted by Gasteiger charge is -2.09. The monoisotopic (exact) mass is 245 g/mol. The second-order valence-corrected chi connectivity index (χ2v) is 3.95. The van der Waals surface area contributed by atoms with Gasteiger partial charge in [-0.05, 0) is 26.0 Å². The molecule has 0 amide bonds. The van der Waals surface area contributed by atoms with E-state index < -0.39 is 0 Å². The topological polar surface area (TPSA) is 98.1 Å². The number of hydrazone groups is 1. The SMILES string of the molecule is CCN1N=C(C)C(=Nc2ccc(O)cc2N)C1=N. The fraction of sp³-hybridized carbons (Fsp3) is 0.250. The summed E-state index contributed by atoms with van der Waals surface area (Å²) in [6, 6.07) is 4.56. The number of anilines is 1. The van der Waals surface area contributed by atoms with Crippen LogP contribution in [-0.4, -0.2) is 33.9 Å². The van der Waals surface area contributed by atoms with Gasteiger partial charge < -0.3 is 10.8 Å². The maximum absolute atomic E-state index is 9.28. The molecular formula is C12H15N5O. The fourth-order valence-corrected chi connectivity index (χ4v) is 1.70. The highest BCUT2D eigenvalue weighted by molar-refractivity contribution is 6.69. The van der Waals surface area contributed by atoms with Crippen molar-refractivity contribution in [3.63, 3.8) is 0 Å². The molecule has 2 rings (SSSR count). The molecule has 0 saturated carbocycles. The summed E-state index contributed by atoms with van der Waals surface area (Å²) in [6.45, 7) is 4.35. The third kappa shape index (κ3) is 2.04. The summed E-state index contributed by atoms with van der Waals surface area (Å²) in [5.74, 6) is 0.362. The molecule has 0 spiro atoms.